The predicted octanol–water partition coefficient (Wildman–Crippen LogP) is -0.188. The molecule has 2 atom stereocenters. The molecule has 2 unspecified atom stereocenters. The van der Waals surface area contributed by atoms with Crippen molar-refractivity contribution < 1.29 is 4.79 Å². The third-order valence-corrected chi connectivity index (χ3v) is 2.26. The van der Waals surface area contributed by atoms with Gasteiger partial charge in [-0.2, -0.15) is 0 Å². The first-order valence-corrected chi connectivity index (χ1v) is 3.66. The molecule has 0 bridgehead atoms. The summed E-state index contributed by atoms with van der Waals surface area (Å²) >= 11 is 0. The van der Waals surface area contributed by atoms with Crippen LogP contribution in [0.15, 0.2) is 0 Å². The largest absolute Gasteiger partial charge is 0.368 e. The van der Waals surface area contributed by atoms with E-state index in [1.54, 1.807) is 0 Å². The van der Waals surface area contributed by atoms with E-state index in [1.807, 2.05) is 11.9 Å². The Balaban J connectivity index is 2.48. The van der Waals surface area contributed by atoms with Crippen LogP contribution < -0.4 is 5.73 Å². The summed E-state index contributed by atoms with van der Waals surface area (Å²) in [5.41, 5.74) is 5.17. The lowest BCUT2D eigenvalue weighted by Crippen LogP contribution is -2.59. The first-order chi connectivity index (χ1) is 4.66. The number of carbonyl (C=O) groups excluding carboxylic acids is 1. The second kappa shape index (κ2) is 2.58. The number of primary amides is 1. The van der Waals surface area contributed by atoms with E-state index in [0.717, 1.165) is 13.0 Å². The molecular formula is C7H14N2O. The van der Waals surface area contributed by atoms with E-state index >= 15 is 0 Å². The van der Waals surface area contributed by atoms with Crippen LogP contribution in [0, 0.1) is 5.92 Å². The topological polar surface area (TPSA) is 46.3 Å². The Morgan fingerprint density at radius 2 is 2.40 bits per heavy atom. The van der Waals surface area contributed by atoms with Gasteiger partial charge in [0.25, 0.3) is 0 Å². The lowest BCUT2D eigenvalue weighted by molar-refractivity contribution is -0.130. The average molecular weight is 142 g/mol. The van der Waals surface area contributed by atoms with Crippen LogP contribution in [-0.2, 0) is 4.79 Å². The summed E-state index contributed by atoms with van der Waals surface area (Å²) < 4.78 is 0. The molecule has 1 heterocycles. The summed E-state index contributed by atoms with van der Waals surface area (Å²) in [5, 5.41) is 0. The van der Waals surface area contributed by atoms with E-state index < -0.39 is 0 Å². The first kappa shape index (κ1) is 7.54. The Morgan fingerprint density at radius 3 is 2.60 bits per heavy atom. The molecule has 1 rings (SSSR count). The molecule has 0 aromatic heterocycles. The van der Waals surface area contributed by atoms with Gasteiger partial charge in [0.1, 0.15) is 0 Å². The van der Waals surface area contributed by atoms with E-state index in [2.05, 4.69) is 6.92 Å². The van der Waals surface area contributed by atoms with Crippen molar-refractivity contribution in [2.45, 2.75) is 19.4 Å². The van der Waals surface area contributed by atoms with Crippen LogP contribution in [-0.4, -0.2) is 30.4 Å². The molecule has 1 amide bonds. The molecule has 0 spiro atoms. The zero-order chi connectivity index (χ0) is 7.72. The van der Waals surface area contributed by atoms with Crippen LogP contribution >= 0.6 is 0 Å². The Labute approximate surface area is 61.2 Å². The third-order valence-electron chi connectivity index (χ3n) is 2.26. The fourth-order valence-electron chi connectivity index (χ4n) is 1.61. The van der Waals surface area contributed by atoms with Crippen LogP contribution in [0.25, 0.3) is 0 Å². The van der Waals surface area contributed by atoms with Gasteiger partial charge in [-0.15, -0.1) is 0 Å². The van der Waals surface area contributed by atoms with Gasteiger partial charge in [-0.25, -0.2) is 0 Å². The van der Waals surface area contributed by atoms with Gasteiger partial charge in [-0.1, -0.05) is 13.3 Å². The van der Waals surface area contributed by atoms with Gasteiger partial charge in [0.05, 0.1) is 6.04 Å². The van der Waals surface area contributed by atoms with Crippen molar-refractivity contribution in [3.05, 3.63) is 0 Å². The summed E-state index contributed by atoms with van der Waals surface area (Å²) in [6, 6.07) is 0.00463. The van der Waals surface area contributed by atoms with Crippen molar-refractivity contribution in [3.8, 4) is 0 Å². The number of nitrogens with zero attached hydrogens (tertiary/aromatic N) is 1. The number of hydrogen-bond acceptors (Lipinski definition) is 2. The molecule has 1 fully saturated rings. The molecule has 0 radical (unpaired) electrons. The fourth-order valence-corrected chi connectivity index (χ4v) is 1.61. The molecule has 0 aliphatic carbocycles. The van der Waals surface area contributed by atoms with E-state index in [9.17, 15) is 4.79 Å². The third kappa shape index (κ3) is 1.01. The standard InChI is InChI=1S/C7H14N2O/c1-3-5-4-9(2)6(5)7(8)10/h5-6H,3-4H2,1-2H3,(H2,8,10). The summed E-state index contributed by atoms with van der Waals surface area (Å²) in [5.74, 6) is 0.322. The highest BCUT2D eigenvalue weighted by atomic mass is 16.1. The lowest BCUT2D eigenvalue weighted by Gasteiger charge is -2.43. The molecule has 1 aliphatic rings. The first-order valence-electron chi connectivity index (χ1n) is 3.66. The summed E-state index contributed by atoms with van der Waals surface area (Å²) in [6.45, 7) is 3.11. The van der Waals surface area contributed by atoms with Gasteiger partial charge in [-0.3, -0.25) is 9.69 Å². The maximum Gasteiger partial charge on any atom is 0.235 e. The second-order valence-corrected chi connectivity index (χ2v) is 2.96. The highest BCUT2D eigenvalue weighted by molar-refractivity contribution is 5.81. The number of hydrogen-bond donors (Lipinski definition) is 1. The van der Waals surface area contributed by atoms with Crippen molar-refractivity contribution in [2.75, 3.05) is 13.6 Å². The second-order valence-electron chi connectivity index (χ2n) is 2.96. The molecular weight excluding hydrogens is 128 g/mol. The number of nitrogens with two attached hydrogens (primary N) is 1. The zero-order valence-electron chi connectivity index (χ0n) is 6.50. The van der Waals surface area contributed by atoms with E-state index in [0.29, 0.717) is 5.92 Å². The van der Waals surface area contributed by atoms with Crippen molar-refractivity contribution in [2.24, 2.45) is 11.7 Å². The molecule has 1 saturated heterocycles. The minimum absolute atomic E-state index is 0.00463. The Bertz CT molecular complexity index is 147. The highest BCUT2D eigenvalue weighted by Crippen LogP contribution is 2.24. The van der Waals surface area contributed by atoms with Crippen LogP contribution in [0.1, 0.15) is 13.3 Å². The summed E-state index contributed by atoms with van der Waals surface area (Å²) in [7, 11) is 1.93. The number of carbonyl (C=O) groups is 1. The van der Waals surface area contributed by atoms with Gasteiger partial charge in [-0.05, 0) is 13.0 Å². The van der Waals surface area contributed by atoms with Gasteiger partial charge >= 0.3 is 0 Å². The molecule has 3 heteroatoms. The quantitative estimate of drug-likeness (QED) is 0.581. The molecule has 2 N–H and O–H groups in total. The van der Waals surface area contributed by atoms with Gasteiger partial charge in [0.2, 0.25) is 5.91 Å². The number of amides is 1. The minimum atomic E-state index is -0.180. The SMILES string of the molecule is CCC1CN(C)C1C(N)=O. The average Bonchev–Trinajstić information content (AvgIpc) is 1.80. The van der Waals surface area contributed by atoms with E-state index in [4.69, 9.17) is 5.73 Å². The Kier molecular flexibility index (Phi) is 1.94. The van der Waals surface area contributed by atoms with Crippen LogP contribution in [0.5, 0.6) is 0 Å². The Hall–Kier alpha value is -0.570. The lowest BCUT2D eigenvalue weighted by atomic mass is 9.87. The highest BCUT2D eigenvalue weighted by Gasteiger charge is 2.38. The Morgan fingerprint density at radius 1 is 1.80 bits per heavy atom. The summed E-state index contributed by atoms with van der Waals surface area (Å²) in [6.07, 6.45) is 1.05. The monoisotopic (exact) mass is 142 g/mol. The van der Waals surface area contributed by atoms with Crippen molar-refractivity contribution >= 4 is 5.91 Å². The molecule has 3 nitrogen and oxygen atoms in total. The molecule has 10 heavy (non-hydrogen) atoms. The smallest absolute Gasteiger partial charge is 0.235 e. The fraction of sp³-hybridized carbons (Fsp3) is 0.857. The number of rotatable bonds is 2. The van der Waals surface area contributed by atoms with Crippen molar-refractivity contribution in [3.63, 3.8) is 0 Å². The van der Waals surface area contributed by atoms with Crippen molar-refractivity contribution in [1.29, 1.82) is 0 Å². The molecule has 0 aromatic carbocycles. The van der Waals surface area contributed by atoms with Gasteiger partial charge < -0.3 is 5.73 Å². The molecule has 0 saturated carbocycles. The number of likely N-dealkylation sites (N-methyl/N-ethyl adjacent to an activating group) is 1. The van der Waals surface area contributed by atoms with E-state index in [-0.39, 0.29) is 11.9 Å². The molecule has 1 aliphatic heterocycles. The van der Waals surface area contributed by atoms with Crippen LogP contribution in [0.4, 0.5) is 0 Å². The zero-order valence-corrected chi connectivity index (χ0v) is 6.50. The van der Waals surface area contributed by atoms with Gasteiger partial charge in [0.15, 0.2) is 0 Å². The number of likely N-dealkylation sites (tertiary alicyclic amines) is 1. The maximum atomic E-state index is 10.7. The molecule has 58 valence electrons. The minimum Gasteiger partial charge on any atom is -0.368 e. The van der Waals surface area contributed by atoms with E-state index in [1.165, 1.54) is 0 Å². The summed E-state index contributed by atoms with van der Waals surface area (Å²) in [4.78, 5) is 12.7. The van der Waals surface area contributed by atoms with Crippen molar-refractivity contribution in [1.82, 2.24) is 4.90 Å². The molecule has 0 aromatic rings. The normalized spacial score (nSPS) is 33.4. The van der Waals surface area contributed by atoms with Gasteiger partial charge in [0, 0.05) is 6.54 Å². The predicted molar refractivity (Wildman–Crippen MR) is 39.4 cm³/mol. The maximum absolute atomic E-state index is 10.7. The van der Waals surface area contributed by atoms with Crippen LogP contribution in [0.3, 0.4) is 0 Å². The van der Waals surface area contributed by atoms with Crippen LogP contribution in [0.2, 0.25) is 0 Å².